The standard InChI is InChI=1S/C11H13NO3.ClH/c1-8(13)10(11(14)15-12)7-9-5-3-2-4-6-9;/h2-6,10H,7,12H2,1H3;1H. The van der Waals surface area contributed by atoms with Crippen molar-refractivity contribution in [3.63, 3.8) is 0 Å². The molecule has 0 aliphatic heterocycles. The van der Waals surface area contributed by atoms with Gasteiger partial charge in [0.25, 0.3) is 0 Å². The first-order chi connectivity index (χ1) is 7.15. The Morgan fingerprint density at radius 1 is 1.31 bits per heavy atom. The molecule has 0 fully saturated rings. The van der Waals surface area contributed by atoms with Crippen LogP contribution in [0.5, 0.6) is 0 Å². The predicted octanol–water partition coefficient (Wildman–Crippen LogP) is 1.27. The van der Waals surface area contributed by atoms with Gasteiger partial charge in [0.05, 0.1) is 0 Å². The third-order valence-electron chi connectivity index (χ3n) is 2.17. The molecule has 0 saturated carbocycles. The third-order valence-corrected chi connectivity index (χ3v) is 2.17. The van der Waals surface area contributed by atoms with E-state index < -0.39 is 11.9 Å². The van der Waals surface area contributed by atoms with Gasteiger partial charge in [-0.15, -0.1) is 12.4 Å². The lowest BCUT2D eigenvalue weighted by atomic mass is 9.96. The molecule has 1 aromatic rings. The van der Waals surface area contributed by atoms with Crippen molar-refractivity contribution in [1.82, 2.24) is 0 Å². The van der Waals surface area contributed by atoms with Crippen LogP contribution in [-0.2, 0) is 20.8 Å². The summed E-state index contributed by atoms with van der Waals surface area (Å²) in [6, 6.07) is 9.26. The van der Waals surface area contributed by atoms with E-state index in [1.54, 1.807) is 0 Å². The van der Waals surface area contributed by atoms with Crippen LogP contribution in [0.3, 0.4) is 0 Å². The van der Waals surface area contributed by atoms with Gasteiger partial charge >= 0.3 is 5.97 Å². The van der Waals surface area contributed by atoms with Crippen molar-refractivity contribution < 1.29 is 14.4 Å². The van der Waals surface area contributed by atoms with Gasteiger partial charge in [0.1, 0.15) is 11.7 Å². The van der Waals surface area contributed by atoms with Gasteiger partial charge in [-0.1, -0.05) is 30.3 Å². The van der Waals surface area contributed by atoms with E-state index in [1.165, 1.54) is 6.92 Å². The normalized spacial score (nSPS) is 11.1. The van der Waals surface area contributed by atoms with Crippen molar-refractivity contribution in [2.75, 3.05) is 0 Å². The summed E-state index contributed by atoms with van der Waals surface area (Å²) in [6.07, 6.45) is 0.326. The Labute approximate surface area is 100 Å². The summed E-state index contributed by atoms with van der Waals surface area (Å²) < 4.78 is 0. The highest BCUT2D eigenvalue weighted by Crippen LogP contribution is 2.10. The van der Waals surface area contributed by atoms with E-state index >= 15 is 0 Å². The number of hydrogen-bond donors (Lipinski definition) is 1. The van der Waals surface area contributed by atoms with Crippen LogP contribution in [0.2, 0.25) is 0 Å². The molecule has 88 valence electrons. The van der Waals surface area contributed by atoms with Gasteiger partial charge in [0.2, 0.25) is 0 Å². The van der Waals surface area contributed by atoms with Crippen LogP contribution in [0.25, 0.3) is 0 Å². The van der Waals surface area contributed by atoms with Crippen LogP contribution in [0.15, 0.2) is 30.3 Å². The van der Waals surface area contributed by atoms with Crippen LogP contribution in [0.4, 0.5) is 0 Å². The molecule has 1 unspecified atom stereocenters. The molecule has 16 heavy (non-hydrogen) atoms. The Morgan fingerprint density at radius 2 is 1.88 bits per heavy atom. The minimum atomic E-state index is -0.808. The number of hydrogen-bond acceptors (Lipinski definition) is 4. The minimum absolute atomic E-state index is 0. The zero-order chi connectivity index (χ0) is 11.3. The Balaban J connectivity index is 0.00000225. The maximum atomic E-state index is 11.2. The second-order valence-corrected chi connectivity index (χ2v) is 3.29. The summed E-state index contributed by atoms with van der Waals surface area (Å²) in [5.74, 6) is 3.02. The van der Waals surface area contributed by atoms with E-state index in [9.17, 15) is 9.59 Å². The van der Waals surface area contributed by atoms with E-state index in [0.717, 1.165) is 5.56 Å². The molecule has 0 bridgehead atoms. The average Bonchev–Trinajstić information content (AvgIpc) is 2.26. The summed E-state index contributed by atoms with van der Waals surface area (Å²) >= 11 is 0. The molecule has 0 spiro atoms. The molecule has 1 aromatic carbocycles. The predicted molar refractivity (Wildman–Crippen MR) is 61.8 cm³/mol. The van der Waals surface area contributed by atoms with Gasteiger partial charge in [0, 0.05) is 0 Å². The lowest BCUT2D eigenvalue weighted by Gasteiger charge is -2.10. The molecule has 2 N–H and O–H groups in total. The van der Waals surface area contributed by atoms with Crippen molar-refractivity contribution in [1.29, 1.82) is 0 Å². The molecule has 0 radical (unpaired) electrons. The highest BCUT2D eigenvalue weighted by atomic mass is 35.5. The fourth-order valence-electron chi connectivity index (χ4n) is 1.32. The fraction of sp³-hybridized carbons (Fsp3) is 0.273. The number of Topliss-reactive ketones (excluding diaryl/α,β-unsaturated/α-hetero) is 1. The monoisotopic (exact) mass is 243 g/mol. The Kier molecular flexibility index (Phi) is 6.37. The number of nitrogens with two attached hydrogens (primary N) is 1. The van der Waals surface area contributed by atoms with Crippen molar-refractivity contribution in [3.8, 4) is 0 Å². The van der Waals surface area contributed by atoms with Gasteiger partial charge < -0.3 is 4.84 Å². The zero-order valence-electron chi connectivity index (χ0n) is 8.88. The number of carbonyl (C=O) groups excluding carboxylic acids is 2. The first kappa shape index (κ1) is 14.6. The molecule has 0 aromatic heterocycles. The number of benzene rings is 1. The molecule has 4 nitrogen and oxygen atoms in total. The maximum Gasteiger partial charge on any atom is 0.335 e. The lowest BCUT2D eigenvalue weighted by Crippen LogP contribution is -2.28. The average molecular weight is 244 g/mol. The number of rotatable bonds is 4. The van der Waals surface area contributed by atoms with E-state index in [4.69, 9.17) is 5.90 Å². The summed E-state index contributed by atoms with van der Waals surface area (Å²) in [6.45, 7) is 1.35. The van der Waals surface area contributed by atoms with Crippen LogP contribution in [0, 0.1) is 5.92 Å². The minimum Gasteiger partial charge on any atom is -0.373 e. The molecule has 5 heteroatoms. The summed E-state index contributed by atoms with van der Waals surface area (Å²) in [7, 11) is 0. The van der Waals surface area contributed by atoms with Crippen LogP contribution in [-0.4, -0.2) is 11.8 Å². The molecular formula is C11H14ClNO3. The Bertz CT molecular complexity index is 354. The van der Waals surface area contributed by atoms with Gasteiger partial charge in [-0.05, 0) is 18.9 Å². The van der Waals surface area contributed by atoms with Crippen molar-refractivity contribution in [2.24, 2.45) is 11.8 Å². The molecule has 0 heterocycles. The van der Waals surface area contributed by atoms with Gasteiger partial charge in [0.15, 0.2) is 0 Å². The highest BCUT2D eigenvalue weighted by Gasteiger charge is 2.24. The van der Waals surface area contributed by atoms with Crippen LogP contribution >= 0.6 is 12.4 Å². The first-order valence-corrected chi connectivity index (χ1v) is 4.60. The van der Waals surface area contributed by atoms with E-state index in [0.29, 0.717) is 6.42 Å². The summed E-state index contributed by atoms with van der Waals surface area (Å²) in [4.78, 5) is 26.5. The Hall–Kier alpha value is -1.39. The number of halogens is 1. The largest absolute Gasteiger partial charge is 0.373 e. The van der Waals surface area contributed by atoms with Gasteiger partial charge in [-0.2, -0.15) is 5.90 Å². The highest BCUT2D eigenvalue weighted by molar-refractivity contribution is 5.97. The summed E-state index contributed by atoms with van der Waals surface area (Å²) in [5, 5.41) is 0. The molecular weight excluding hydrogens is 230 g/mol. The van der Waals surface area contributed by atoms with E-state index in [-0.39, 0.29) is 18.2 Å². The second kappa shape index (κ2) is 6.98. The Morgan fingerprint density at radius 3 is 2.31 bits per heavy atom. The van der Waals surface area contributed by atoms with Gasteiger partial charge in [-0.25, -0.2) is 4.79 Å². The van der Waals surface area contributed by atoms with E-state index in [1.807, 2.05) is 30.3 Å². The first-order valence-electron chi connectivity index (χ1n) is 4.60. The van der Waals surface area contributed by atoms with Crippen LogP contribution in [0.1, 0.15) is 12.5 Å². The van der Waals surface area contributed by atoms with Crippen molar-refractivity contribution in [2.45, 2.75) is 13.3 Å². The zero-order valence-corrected chi connectivity index (χ0v) is 9.70. The molecule has 0 aliphatic rings. The topological polar surface area (TPSA) is 69.4 Å². The third kappa shape index (κ3) is 4.00. The number of ketones is 1. The maximum absolute atomic E-state index is 11.2. The molecule has 1 rings (SSSR count). The molecule has 1 atom stereocenters. The van der Waals surface area contributed by atoms with E-state index in [2.05, 4.69) is 4.84 Å². The summed E-state index contributed by atoms with van der Waals surface area (Å²) in [5.41, 5.74) is 0.906. The number of carbonyl (C=O) groups is 2. The second-order valence-electron chi connectivity index (χ2n) is 3.29. The van der Waals surface area contributed by atoms with Crippen LogP contribution < -0.4 is 5.90 Å². The van der Waals surface area contributed by atoms with Gasteiger partial charge in [-0.3, -0.25) is 4.79 Å². The molecule has 0 saturated heterocycles. The van der Waals surface area contributed by atoms with Crippen molar-refractivity contribution in [3.05, 3.63) is 35.9 Å². The SMILES string of the molecule is CC(=O)C(Cc1ccccc1)C(=O)ON.Cl. The molecule has 0 amide bonds. The lowest BCUT2D eigenvalue weighted by molar-refractivity contribution is -0.152. The molecule has 0 aliphatic carbocycles. The smallest absolute Gasteiger partial charge is 0.335 e. The quantitative estimate of drug-likeness (QED) is 0.639. The van der Waals surface area contributed by atoms with Crippen molar-refractivity contribution >= 4 is 24.2 Å². The fourth-order valence-corrected chi connectivity index (χ4v) is 1.32.